The van der Waals surface area contributed by atoms with Gasteiger partial charge in [-0.15, -0.1) is 0 Å². The lowest BCUT2D eigenvalue weighted by atomic mass is 9.69. The molecule has 1 aromatic carbocycles. The summed E-state index contributed by atoms with van der Waals surface area (Å²) in [5.74, 6) is 0.567. The van der Waals surface area contributed by atoms with Gasteiger partial charge in [-0.05, 0) is 61.4 Å². The molecule has 0 radical (unpaired) electrons. The maximum absolute atomic E-state index is 13.0. The Labute approximate surface area is 125 Å². The molecular weight excluding hydrogens is 263 g/mol. The molecule has 1 aromatic rings. The van der Waals surface area contributed by atoms with Crippen LogP contribution < -0.4 is 10.6 Å². The van der Waals surface area contributed by atoms with Gasteiger partial charge in [-0.25, -0.2) is 4.39 Å². The zero-order chi connectivity index (χ0) is 14.3. The van der Waals surface area contributed by atoms with Crippen LogP contribution >= 0.6 is 0 Å². The third kappa shape index (κ3) is 2.20. The van der Waals surface area contributed by atoms with Crippen molar-refractivity contribution in [2.45, 2.75) is 37.3 Å². The molecule has 2 heterocycles. The van der Waals surface area contributed by atoms with Crippen LogP contribution in [-0.4, -0.2) is 18.1 Å². The number of rotatable bonds is 2. The van der Waals surface area contributed by atoms with Gasteiger partial charge in [-0.3, -0.25) is 0 Å². The number of benzene rings is 1. The molecule has 2 N–H and O–H groups in total. The standard InChI is InChI=1S/C18H21FN2/c19-16-6-4-13(5-7-16)10-17-11-18-14(8-9-21-18)2-1-3-15(18)12-20-17/h1,3-7,12,14,17,20-21H,2,8-11H2. The summed E-state index contributed by atoms with van der Waals surface area (Å²) >= 11 is 0. The van der Waals surface area contributed by atoms with E-state index in [-0.39, 0.29) is 11.4 Å². The zero-order valence-corrected chi connectivity index (χ0v) is 12.1. The Morgan fingerprint density at radius 3 is 2.95 bits per heavy atom. The third-order valence-corrected chi connectivity index (χ3v) is 5.30. The van der Waals surface area contributed by atoms with Crippen molar-refractivity contribution in [2.75, 3.05) is 6.54 Å². The van der Waals surface area contributed by atoms with E-state index in [4.69, 9.17) is 0 Å². The van der Waals surface area contributed by atoms with Crippen molar-refractivity contribution >= 4 is 0 Å². The van der Waals surface area contributed by atoms with Crippen LogP contribution in [0.25, 0.3) is 0 Å². The lowest BCUT2D eigenvalue weighted by Crippen LogP contribution is -2.55. The Hall–Kier alpha value is -1.61. The number of halogens is 1. The molecular formula is C18H21FN2. The third-order valence-electron chi connectivity index (χ3n) is 5.30. The first kappa shape index (κ1) is 13.1. The number of hydrogen-bond acceptors (Lipinski definition) is 2. The number of hydrogen-bond donors (Lipinski definition) is 2. The first-order chi connectivity index (χ1) is 10.3. The smallest absolute Gasteiger partial charge is 0.123 e. The van der Waals surface area contributed by atoms with E-state index in [1.54, 1.807) is 12.1 Å². The van der Waals surface area contributed by atoms with Gasteiger partial charge in [0.1, 0.15) is 5.82 Å². The quantitative estimate of drug-likeness (QED) is 0.872. The van der Waals surface area contributed by atoms with E-state index in [0.717, 1.165) is 25.3 Å². The Balaban J connectivity index is 1.56. The average Bonchev–Trinajstić information content (AvgIpc) is 2.91. The van der Waals surface area contributed by atoms with Crippen LogP contribution in [0.15, 0.2) is 48.2 Å². The van der Waals surface area contributed by atoms with Crippen LogP contribution in [0, 0.1) is 11.7 Å². The summed E-state index contributed by atoms with van der Waals surface area (Å²) in [6, 6.07) is 7.32. The lowest BCUT2D eigenvalue weighted by molar-refractivity contribution is 0.257. The van der Waals surface area contributed by atoms with Gasteiger partial charge in [0.05, 0.1) is 5.54 Å². The van der Waals surface area contributed by atoms with Crippen molar-refractivity contribution < 1.29 is 4.39 Å². The fourth-order valence-electron chi connectivity index (χ4n) is 4.25. The van der Waals surface area contributed by atoms with Crippen LogP contribution in [0.5, 0.6) is 0 Å². The topological polar surface area (TPSA) is 24.1 Å². The van der Waals surface area contributed by atoms with E-state index in [0.29, 0.717) is 6.04 Å². The maximum atomic E-state index is 13.0. The zero-order valence-electron chi connectivity index (χ0n) is 12.1. The van der Waals surface area contributed by atoms with Crippen molar-refractivity contribution in [3.05, 3.63) is 59.6 Å². The van der Waals surface area contributed by atoms with Gasteiger partial charge in [-0.2, -0.15) is 0 Å². The molecule has 3 heteroatoms. The van der Waals surface area contributed by atoms with Gasteiger partial charge in [0.2, 0.25) is 0 Å². The van der Waals surface area contributed by atoms with Crippen molar-refractivity contribution in [3.8, 4) is 0 Å². The molecule has 0 aromatic heterocycles. The summed E-state index contributed by atoms with van der Waals surface area (Å²) in [7, 11) is 0. The van der Waals surface area contributed by atoms with Crippen molar-refractivity contribution in [1.29, 1.82) is 0 Å². The predicted octanol–water partition coefficient (Wildman–Crippen LogP) is 2.92. The van der Waals surface area contributed by atoms with E-state index in [2.05, 4.69) is 29.0 Å². The van der Waals surface area contributed by atoms with E-state index in [1.807, 2.05) is 12.1 Å². The molecule has 0 amide bonds. The normalized spacial score (nSPS) is 33.9. The van der Waals surface area contributed by atoms with Gasteiger partial charge in [0, 0.05) is 12.2 Å². The Bertz CT molecular complexity index is 590. The highest BCUT2D eigenvalue weighted by Crippen LogP contribution is 2.44. The van der Waals surface area contributed by atoms with Crippen molar-refractivity contribution in [1.82, 2.24) is 10.6 Å². The van der Waals surface area contributed by atoms with Crippen LogP contribution in [0.4, 0.5) is 4.39 Å². The molecule has 21 heavy (non-hydrogen) atoms. The SMILES string of the molecule is Fc1ccc(CC2CC34NCCC3CC=CC4=CN2)cc1. The van der Waals surface area contributed by atoms with E-state index in [9.17, 15) is 4.39 Å². The minimum Gasteiger partial charge on any atom is -0.387 e. The van der Waals surface area contributed by atoms with E-state index in [1.165, 1.54) is 24.0 Å². The van der Waals surface area contributed by atoms with Crippen molar-refractivity contribution in [3.63, 3.8) is 0 Å². The van der Waals surface area contributed by atoms with Gasteiger partial charge < -0.3 is 10.6 Å². The molecule has 1 aliphatic carbocycles. The summed E-state index contributed by atoms with van der Waals surface area (Å²) in [6.45, 7) is 1.12. The molecule has 2 aliphatic heterocycles. The van der Waals surface area contributed by atoms with Crippen LogP contribution in [-0.2, 0) is 6.42 Å². The molecule has 2 nitrogen and oxygen atoms in total. The first-order valence-corrected chi connectivity index (χ1v) is 7.89. The van der Waals surface area contributed by atoms with Gasteiger partial charge in [-0.1, -0.05) is 24.3 Å². The Morgan fingerprint density at radius 2 is 2.10 bits per heavy atom. The largest absolute Gasteiger partial charge is 0.387 e. The maximum Gasteiger partial charge on any atom is 0.123 e. The minimum absolute atomic E-state index is 0.161. The highest BCUT2D eigenvalue weighted by molar-refractivity contribution is 5.40. The van der Waals surface area contributed by atoms with E-state index >= 15 is 0 Å². The van der Waals surface area contributed by atoms with Crippen LogP contribution in [0.3, 0.4) is 0 Å². The Kier molecular flexibility index (Phi) is 3.11. The second kappa shape index (κ2) is 4.99. The molecule has 3 aliphatic rings. The summed E-state index contributed by atoms with van der Waals surface area (Å²) in [6.07, 6.45) is 11.3. The van der Waals surface area contributed by atoms with Crippen molar-refractivity contribution in [2.24, 2.45) is 5.92 Å². The fourth-order valence-corrected chi connectivity index (χ4v) is 4.25. The van der Waals surface area contributed by atoms with Gasteiger partial charge >= 0.3 is 0 Å². The molecule has 4 rings (SSSR count). The molecule has 3 atom stereocenters. The Morgan fingerprint density at radius 1 is 1.24 bits per heavy atom. The summed E-state index contributed by atoms with van der Waals surface area (Å²) in [5.41, 5.74) is 2.78. The van der Waals surface area contributed by atoms with Crippen LogP contribution in [0.1, 0.15) is 24.8 Å². The monoisotopic (exact) mass is 284 g/mol. The van der Waals surface area contributed by atoms with Gasteiger partial charge in [0.25, 0.3) is 0 Å². The van der Waals surface area contributed by atoms with E-state index < -0.39 is 0 Å². The molecule has 3 unspecified atom stereocenters. The fraction of sp³-hybridized carbons (Fsp3) is 0.444. The second-order valence-electron chi connectivity index (χ2n) is 6.52. The summed E-state index contributed by atoms with van der Waals surface area (Å²) in [4.78, 5) is 0. The van der Waals surface area contributed by atoms with Gasteiger partial charge in [0.15, 0.2) is 0 Å². The molecule has 1 saturated heterocycles. The highest BCUT2D eigenvalue weighted by atomic mass is 19.1. The lowest BCUT2D eigenvalue weighted by Gasteiger charge is -2.45. The first-order valence-electron chi connectivity index (χ1n) is 7.89. The molecule has 0 bridgehead atoms. The second-order valence-corrected chi connectivity index (χ2v) is 6.52. The molecule has 0 saturated carbocycles. The molecule has 1 spiro atoms. The highest BCUT2D eigenvalue weighted by Gasteiger charge is 2.48. The average molecular weight is 284 g/mol. The minimum atomic E-state index is -0.161. The summed E-state index contributed by atoms with van der Waals surface area (Å²) in [5, 5.41) is 7.32. The van der Waals surface area contributed by atoms with Crippen LogP contribution in [0.2, 0.25) is 0 Å². The predicted molar refractivity (Wildman–Crippen MR) is 82.3 cm³/mol. The number of allylic oxidation sites excluding steroid dienone is 1. The summed E-state index contributed by atoms with van der Waals surface area (Å²) < 4.78 is 13.0. The molecule has 1 fully saturated rings. The number of nitrogens with one attached hydrogen (secondary N) is 2. The molecule has 110 valence electrons.